The molecule has 5 rings (SSSR count). The molecule has 8 nitrogen and oxygen atoms in total. The van der Waals surface area contributed by atoms with Crippen molar-refractivity contribution in [1.82, 2.24) is 25.1 Å². The lowest BCUT2D eigenvalue weighted by atomic mass is 10.0. The molecule has 180 valence electrons. The molecular weight excluding hydrogens is 454 g/mol. The Morgan fingerprint density at radius 3 is 2.42 bits per heavy atom. The first-order valence-electron chi connectivity index (χ1n) is 11.5. The molecule has 0 aliphatic carbocycles. The van der Waals surface area contributed by atoms with Gasteiger partial charge in [-0.25, -0.2) is 4.98 Å². The van der Waals surface area contributed by atoms with Gasteiger partial charge in [-0.05, 0) is 48.9 Å². The van der Waals surface area contributed by atoms with E-state index in [9.17, 15) is 4.79 Å². The number of rotatable bonds is 7. The van der Waals surface area contributed by atoms with Gasteiger partial charge < -0.3 is 19.0 Å². The van der Waals surface area contributed by atoms with E-state index in [-0.39, 0.29) is 5.91 Å². The predicted octanol–water partition coefficient (Wildman–Crippen LogP) is 4.97. The van der Waals surface area contributed by atoms with Gasteiger partial charge in [0.05, 0.1) is 7.11 Å². The van der Waals surface area contributed by atoms with Crippen LogP contribution in [0.15, 0.2) is 89.6 Å². The molecule has 1 amide bonds. The SMILES string of the molecule is COc1ccccc1C(NC(=O)c1ccc(-c2nnc(-c3ccccc3C)o2)cc1)c1nccn1C. The molecule has 0 saturated carbocycles. The average Bonchev–Trinajstić information content (AvgIpc) is 3.57. The molecule has 0 fully saturated rings. The van der Waals surface area contributed by atoms with Crippen LogP contribution in [-0.2, 0) is 7.05 Å². The number of para-hydroxylation sites is 1. The quantitative estimate of drug-likeness (QED) is 0.354. The second kappa shape index (κ2) is 9.87. The summed E-state index contributed by atoms with van der Waals surface area (Å²) in [6.45, 7) is 2.00. The number of benzene rings is 3. The first-order valence-corrected chi connectivity index (χ1v) is 11.5. The molecule has 0 radical (unpaired) electrons. The maximum atomic E-state index is 13.3. The fraction of sp³-hybridized carbons (Fsp3) is 0.143. The number of methoxy groups -OCH3 is 1. The van der Waals surface area contributed by atoms with E-state index in [0.29, 0.717) is 28.9 Å². The van der Waals surface area contributed by atoms with Crippen molar-refractivity contribution in [1.29, 1.82) is 0 Å². The molecule has 0 spiro atoms. The van der Waals surface area contributed by atoms with E-state index in [1.54, 1.807) is 37.6 Å². The third kappa shape index (κ3) is 4.48. The average molecular weight is 480 g/mol. The molecule has 1 unspecified atom stereocenters. The number of amides is 1. The lowest BCUT2D eigenvalue weighted by Crippen LogP contribution is -2.31. The number of nitrogens with one attached hydrogen (secondary N) is 1. The van der Waals surface area contributed by atoms with E-state index >= 15 is 0 Å². The van der Waals surface area contributed by atoms with Crippen LogP contribution >= 0.6 is 0 Å². The smallest absolute Gasteiger partial charge is 0.252 e. The van der Waals surface area contributed by atoms with Crippen LogP contribution < -0.4 is 10.1 Å². The zero-order valence-electron chi connectivity index (χ0n) is 20.2. The highest BCUT2D eigenvalue weighted by molar-refractivity contribution is 5.95. The second-order valence-electron chi connectivity index (χ2n) is 8.35. The zero-order chi connectivity index (χ0) is 25.1. The first-order chi connectivity index (χ1) is 17.5. The molecule has 3 aromatic carbocycles. The minimum atomic E-state index is -0.499. The molecular formula is C28H25N5O3. The van der Waals surface area contributed by atoms with E-state index in [4.69, 9.17) is 9.15 Å². The molecule has 36 heavy (non-hydrogen) atoms. The van der Waals surface area contributed by atoms with Gasteiger partial charge in [-0.15, -0.1) is 10.2 Å². The predicted molar refractivity (Wildman–Crippen MR) is 135 cm³/mol. The molecule has 0 aliphatic rings. The van der Waals surface area contributed by atoms with Gasteiger partial charge >= 0.3 is 0 Å². The van der Waals surface area contributed by atoms with Gasteiger partial charge in [0.1, 0.15) is 17.6 Å². The van der Waals surface area contributed by atoms with Crippen molar-refractivity contribution in [3.63, 3.8) is 0 Å². The highest BCUT2D eigenvalue weighted by Crippen LogP contribution is 2.30. The number of aryl methyl sites for hydroxylation is 2. The topological polar surface area (TPSA) is 95.1 Å². The Kier molecular flexibility index (Phi) is 6.32. The zero-order valence-corrected chi connectivity index (χ0v) is 20.2. The Labute approximate surface area is 208 Å². The van der Waals surface area contributed by atoms with E-state index in [2.05, 4.69) is 20.5 Å². The molecule has 0 bridgehead atoms. The van der Waals surface area contributed by atoms with E-state index in [0.717, 1.165) is 22.3 Å². The fourth-order valence-electron chi connectivity index (χ4n) is 4.08. The van der Waals surface area contributed by atoms with Crippen molar-refractivity contribution in [2.45, 2.75) is 13.0 Å². The maximum Gasteiger partial charge on any atom is 0.252 e. The number of aromatic nitrogens is 4. The number of carbonyl (C=O) groups excluding carboxylic acids is 1. The lowest BCUT2D eigenvalue weighted by Gasteiger charge is -2.21. The number of imidazole rings is 1. The monoisotopic (exact) mass is 479 g/mol. The standard InChI is InChI=1S/C28H25N5O3/c1-18-8-4-5-9-21(18)28-32-31-27(36-28)20-14-12-19(13-15-20)26(34)30-24(25-29-16-17-33(25)2)22-10-6-7-11-23(22)35-3/h4-17,24H,1-3H3,(H,30,34). The van der Waals surface area contributed by atoms with Crippen molar-refractivity contribution in [3.05, 3.63) is 108 Å². The molecule has 0 aliphatic heterocycles. The van der Waals surface area contributed by atoms with Crippen molar-refractivity contribution >= 4 is 5.91 Å². The summed E-state index contributed by atoms with van der Waals surface area (Å²) in [6, 6.07) is 22.0. The number of carbonyl (C=O) groups is 1. The Balaban J connectivity index is 1.39. The van der Waals surface area contributed by atoms with Crippen molar-refractivity contribution in [3.8, 4) is 28.7 Å². The van der Waals surface area contributed by atoms with Gasteiger partial charge in [-0.2, -0.15) is 0 Å². The summed E-state index contributed by atoms with van der Waals surface area (Å²) in [5.41, 5.74) is 3.98. The fourth-order valence-corrected chi connectivity index (χ4v) is 4.08. The molecule has 0 saturated heterocycles. The second-order valence-corrected chi connectivity index (χ2v) is 8.35. The highest BCUT2D eigenvalue weighted by Gasteiger charge is 2.24. The maximum absolute atomic E-state index is 13.3. The number of hydrogen-bond acceptors (Lipinski definition) is 6. The van der Waals surface area contributed by atoms with Gasteiger partial charge in [0.15, 0.2) is 0 Å². The van der Waals surface area contributed by atoms with Crippen LogP contribution in [0.25, 0.3) is 22.9 Å². The van der Waals surface area contributed by atoms with Gasteiger partial charge in [0, 0.05) is 41.7 Å². The largest absolute Gasteiger partial charge is 0.496 e. The van der Waals surface area contributed by atoms with Crippen molar-refractivity contribution in [2.24, 2.45) is 7.05 Å². The number of ether oxygens (including phenoxy) is 1. The highest BCUT2D eigenvalue weighted by atomic mass is 16.5. The van der Waals surface area contributed by atoms with Gasteiger partial charge in [0.2, 0.25) is 11.8 Å². The van der Waals surface area contributed by atoms with Gasteiger partial charge in [-0.3, -0.25) is 4.79 Å². The molecule has 5 aromatic rings. The first kappa shape index (κ1) is 23.0. The van der Waals surface area contributed by atoms with Crippen LogP contribution in [0.1, 0.15) is 33.4 Å². The summed E-state index contributed by atoms with van der Waals surface area (Å²) in [7, 11) is 3.50. The number of nitrogens with zero attached hydrogens (tertiary/aromatic N) is 4. The van der Waals surface area contributed by atoms with Crippen LogP contribution in [0.3, 0.4) is 0 Å². The number of hydrogen-bond donors (Lipinski definition) is 1. The summed E-state index contributed by atoms with van der Waals surface area (Å²) >= 11 is 0. The summed E-state index contributed by atoms with van der Waals surface area (Å²) in [4.78, 5) is 17.7. The summed E-state index contributed by atoms with van der Waals surface area (Å²) in [5.74, 6) is 1.97. The van der Waals surface area contributed by atoms with Crippen LogP contribution in [0.4, 0.5) is 0 Å². The molecule has 2 heterocycles. The van der Waals surface area contributed by atoms with Crippen LogP contribution in [0, 0.1) is 6.92 Å². The summed E-state index contributed by atoms with van der Waals surface area (Å²) in [5, 5.41) is 11.5. The van der Waals surface area contributed by atoms with Crippen molar-refractivity contribution < 1.29 is 13.9 Å². The van der Waals surface area contributed by atoms with Gasteiger partial charge in [0.25, 0.3) is 5.91 Å². The minimum Gasteiger partial charge on any atom is -0.496 e. The van der Waals surface area contributed by atoms with E-state index < -0.39 is 6.04 Å². The lowest BCUT2D eigenvalue weighted by molar-refractivity contribution is 0.0941. The third-order valence-electron chi connectivity index (χ3n) is 6.04. The van der Waals surface area contributed by atoms with Crippen molar-refractivity contribution in [2.75, 3.05) is 7.11 Å². The third-order valence-corrected chi connectivity index (χ3v) is 6.04. The normalized spacial score (nSPS) is 11.8. The van der Waals surface area contributed by atoms with Gasteiger partial charge in [-0.1, -0.05) is 36.4 Å². The molecule has 1 atom stereocenters. The van der Waals surface area contributed by atoms with E-state index in [1.165, 1.54) is 0 Å². The summed E-state index contributed by atoms with van der Waals surface area (Å²) < 4.78 is 13.3. The van der Waals surface area contributed by atoms with Crippen LogP contribution in [0.2, 0.25) is 0 Å². The molecule has 1 N–H and O–H groups in total. The Morgan fingerprint density at radius 1 is 0.972 bits per heavy atom. The Bertz CT molecular complexity index is 1500. The molecule has 8 heteroatoms. The van der Waals surface area contributed by atoms with E-state index in [1.807, 2.05) is 73.3 Å². The minimum absolute atomic E-state index is 0.244. The Hall–Kier alpha value is -4.72. The summed E-state index contributed by atoms with van der Waals surface area (Å²) in [6.07, 6.45) is 3.54. The Morgan fingerprint density at radius 2 is 1.69 bits per heavy atom. The van der Waals surface area contributed by atoms with Crippen LogP contribution in [-0.4, -0.2) is 32.8 Å². The van der Waals surface area contributed by atoms with Crippen LogP contribution in [0.5, 0.6) is 5.75 Å². The molecule has 2 aromatic heterocycles.